The monoisotopic (exact) mass is 507 g/mol. The first-order chi connectivity index (χ1) is 17.0. The molecule has 7 heteroatoms. The molecule has 2 atom stereocenters. The maximum atomic E-state index is 13.9. The van der Waals surface area contributed by atoms with Gasteiger partial charge in [0.2, 0.25) is 11.8 Å². The molecule has 5 rings (SSSR count). The predicted molar refractivity (Wildman–Crippen MR) is 146 cm³/mol. The van der Waals surface area contributed by atoms with Gasteiger partial charge in [-0.25, -0.2) is 0 Å². The van der Waals surface area contributed by atoms with Crippen LogP contribution in [0.2, 0.25) is 0 Å². The van der Waals surface area contributed by atoms with E-state index in [1.54, 1.807) is 21.1 Å². The molecule has 6 nitrogen and oxygen atoms in total. The number of rotatable bonds is 7. The topological polar surface area (TPSA) is 70.7 Å². The Balaban J connectivity index is 0.00000304. The average molecular weight is 508 g/mol. The van der Waals surface area contributed by atoms with Gasteiger partial charge in [-0.2, -0.15) is 0 Å². The summed E-state index contributed by atoms with van der Waals surface area (Å²) in [5.74, 6) is 1.16. The van der Waals surface area contributed by atoms with Crippen molar-refractivity contribution in [3.8, 4) is 5.75 Å². The number of halogens is 1. The molecule has 2 amide bonds. The molecule has 190 valence electrons. The minimum atomic E-state index is -0.590. The van der Waals surface area contributed by atoms with E-state index in [2.05, 4.69) is 41.0 Å². The van der Waals surface area contributed by atoms with Crippen LogP contribution in [0.5, 0.6) is 5.75 Å². The standard InChI is InChI=1S/C29H33N3O3.ClH/c1-18(30-2)28(33)31-25-14-11-20-6-4-5-7-26(20)32(29(25)34)17-24-23-13-10-21(19-8-9-19)16-22(23)12-15-27(24)35-3;/h4-7,10,12-13,15-16,18-19,25,30H,8-9,11,14,17H2,1-3H3,(H,31,33);1H. The smallest absolute Gasteiger partial charge is 0.249 e. The Morgan fingerprint density at radius 3 is 2.61 bits per heavy atom. The number of nitrogens with one attached hydrogen (secondary N) is 2. The Kier molecular flexibility index (Phi) is 7.86. The minimum absolute atomic E-state index is 0. The van der Waals surface area contributed by atoms with Gasteiger partial charge in [0.25, 0.3) is 0 Å². The number of anilines is 1. The summed E-state index contributed by atoms with van der Waals surface area (Å²) in [6.07, 6.45) is 3.79. The van der Waals surface area contributed by atoms with Gasteiger partial charge in [-0.15, -0.1) is 12.4 Å². The maximum Gasteiger partial charge on any atom is 0.249 e. The SMILES string of the molecule is CNC(C)C(=O)NC1CCc2ccccc2N(Cc2c(OC)ccc3cc(C4CC4)ccc23)C1=O.Cl. The van der Waals surface area contributed by atoms with E-state index in [-0.39, 0.29) is 30.3 Å². The van der Waals surface area contributed by atoms with Crippen LogP contribution < -0.4 is 20.3 Å². The molecule has 0 radical (unpaired) electrons. The van der Waals surface area contributed by atoms with E-state index in [0.29, 0.717) is 25.3 Å². The third-order valence-electron chi connectivity index (χ3n) is 7.39. The quantitative estimate of drug-likeness (QED) is 0.485. The largest absolute Gasteiger partial charge is 0.496 e. The number of fused-ring (bicyclic) bond motifs is 2. The Hall–Kier alpha value is -3.09. The molecule has 3 aromatic rings. The molecule has 36 heavy (non-hydrogen) atoms. The molecule has 0 aromatic heterocycles. The normalized spacial score (nSPS) is 18.1. The zero-order valence-electron chi connectivity index (χ0n) is 21.0. The lowest BCUT2D eigenvalue weighted by atomic mass is 9.98. The minimum Gasteiger partial charge on any atom is -0.496 e. The van der Waals surface area contributed by atoms with Crippen LogP contribution in [0.4, 0.5) is 5.69 Å². The number of carbonyl (C=O) groups excluding carboxylic acids is 2. The summed E-state index contributed by atoms with van der Waals surface area (Å²) in [5.41, 5.74) is 4.36. The first kappa shape index (κ1) is 26.0. The van der Waals surface area contributed by atoms with E-state index in [1.165, 1.54) is 18.4 Å². The van der Waals surface area contributed by atoms with Gasteiger partial charge in [0.05, 0.1) is 19.7 Å². The van der Waals surface area contributed by atoms with Gasteiger partial charge in [-0.1, -0.05) is 42.5 Å². The third kappa shape index (κ3) is 5.06. The van der Waals surface area contributed by atoms with Crippen molar-refractivity contribution in [2.45, 2.75) is 57.2 Å². The molecular formula is C29H34ClN3O3. The number of benzene rings is 3. The van der Waals surface area contributed by atoms with Crippen LogP contribution in [0.1, 0.15) is 48.8 Å². The van der Waals surface area contributed by atoms with E-state index in [0.717, 1.165) is 33.3 Å². The van der Waals surface area contributed by atoms with Gasteiger partial charge < -0.3 is 20.3 Å². The Labute approximate surface area is 218 Å². The van der Waals surface area contributed by atoms with Crippen LogP contribution in [-0.4, -0.2) is 38.1 Å². The lowest BCUT2D eigenvalue weighted by Gasteiger charge is -2.28. The Bertz CT molecular complexity index is 1270. The number of amides is 2. The van der Waals surface area contributed by atoms with Gasteiger partial charge in [0, 0.05) is 11.3 Å². The van der Waals surface area contributed by atoms with Crippen LogP contribution in [0, 0.1) is 0 Å². The summed E-state index contributed by atoms with van der Waals surface area (Å²) < 4.78 is 5.76. The van der Waals surface area contributed by atoms with Crippen molar-refractivity contribution >= 4 is 40.7 Å². The number of carbonyl (C=O) groups is 2. The maximum absolute atomic E-state index is 13.9. The second kappa shape index (κ2) is 10.9. The molecular weight excluding hydrogens is 474 g/mol. The number of aryl methyl sites for hydroxylation is 1. The van der Waals surface area contributed by atoms with Crippen molar-refractivity contribution in [3.63, 3.8) is 0 Å². The van der Waals surface area contributed by atoms with Gasteiger partial charge in [-0.05, 0) is 79.6 Å². The molecule has 1 saturated carbocycles. The molecule has 3 aromatic carbocycles. The highest BCUT2D eigenvalue weighted by Crippen LogP contribution is 2.42. The van der Waals surface area contributed by atoms with Crippen LogP contribution in [0.3, 0.4) is 0 Å². The van der Waals surface area contributed by atoms with Crippen LogP contribution in [-0.2, 0) is 22.6 Å². The van der Waals surface area contributed by atoms with Gasteiger partial charge in [0.1, 0.15) is 11.8 Å². The fourth-order valence-electron chi connectivity index (χ4n) is 5.02. The van der Waals surface area contributed by atoms with Crippen LogP contribution >= 0.6 is 12.4 Å². The summed E-state index contributed by atoms with van der Waals surface area (Å²) in [6.45, 7) is 2.16. The first-order valence-corrected chi connectivity index (χ1v) is 12.5. The second-order valence-electron chi connectivity index (χ2n) is 9.66. The average Bonchev–Trinajstić information content (AvgIpc) is 3.74. The lowest BCUT2D eigenvalue weighted by molar-refractivity contribution is -0.128. The summed E-state index contributed by atoms with van der Waals surface area (Å²) in [4.78, 5) is 28.4. The van der Waals surface area contributed by atoms with Crippen molar-refractivity contribution in [1.82, 2.24) is 10.6 Å². The number of likely N-dealkylation sites (N-methyl/N-ethyl adjacent to an activating group) is 1. The van der Waals surface area contributed by atoms with E-state index in [9.17, 15) is 9.59 Å². The van der Waals surface area contributed by atoms with Crippen molar-refractivity contribution in [2.24, 2.45) is 0 Å². The number of methoxy groups -OCH3 is 1. The fraction of sp³-hybridized carbons (Fsp3) is 0.379. The zero-order valence-corrected chi connectivity index (χ0v) is 21.9. The number of ether oxygens (including phenoxy) is 1. The van der Waals surface area contributed by atoms with Gasteiger partial charge in [0.15, 0.2) is 0 Å². The summed E-state index contributed by atoms with van der Waals surface area (Å²) >= 11 is 0. The molecule has 0 bridgehead atoms. The first-order valence-electron chi connectivity index (χ1n) is 12.5. The Morgan fingerprint density at radius 1 is 1.11 bits per heavy atom. The Morgan fingerprint density at radius 2 is 1.89 bits per heavy atom. The van der Waals surface area contributed by atoms with Crippen LogP contribution in [0.25, 0.3) is 10.8 Å². The number of hydrogen-bond acceptors (Lipinski definition) is 4. The van der Waals surface area contributed by atoms with Crippen molar-refractivity contribution in [3.05, 3.63) is 71.3 Å². The molecule has 1 aliphatic heterocycles. The molecule has 2 N–H and O–H groups in total. The second-order valence-corrected chi connectivity index (χ2v) is 9.66. The van der Waals surface area contributed by atoms with Crippen molar-refractivity contribution < 1.29 is 14.3 Å². The molecule has 1 heterocycles. The number of nitrogens with zero attached hydrogens (tertiary/aromatic N) is 1. The summed E-state index contributed by atoms with van der Waals surface area (Å²) in [7, 11) is 3.41. The highest BCUT2D eigenvalue weighted by Gasteiger charge is 2.33. The van der Waals surface area contributed by atoms with Crippen molar-refractivity contribution in [2.75, 3.05) is 19.1 Å². The molecule has 0 spiro atoms. The molecule has 2 aliphatic rings. The summed E-state index contributed by atoms with van der Waals surface area (Å²) in [5, 5.41) is 8.18. The third-order valence-corrected chi connectivity index (χ3v) is 7.39. The fourth-order valence-corrected chi connectivity index (χ4v) is 5.02. The number of para-hydroxylation sites is 1. The highest BCUT2D eigenvalue weighted by atomic mass is 35.5. The molecule has 1 fully saturated rings. The molecule has 0 saturated heterocycles. The van der Waals surface area contributed by atoms with E-state index in [1.807, 2.05) is 29.2 Å². The number of hydrogen-bond donors (Lipinski definition) is 2. The van der Waals surface area contributed by atoms with Gasteiger partial charge in [-0.3, -0.25) is 9.59 Å². The van der Waals surface area contributed by atoms with E-state index >= 15 is 0 Å². The van der Waals surface area contributed by atoms with Crippen LogP contribution in [0.15, 0.2) is 54.6 Å². The van der Waals surface area contributed by atoms with Gasteiger partial charge >= 0.3 is 0 Å². The molecule has 1 aliphatic carbocycles. The van der Waals surface area contributed by atoms with E-state index < -0.39 is 6.04 Å². The predicted octanol–water partition coefficient (Wildman–Crippen LogP) is 4.72. The zero-order chi connectivity index (χ0) is 24.5. The highest BCUT2D eigenvalue weighted by molar-refractivity contribution is 6.01. The lowest BCUT2D eigenvalue weighted by Crippen LogP contribution is -2.52. The van der Waals surface area contributed by atoms with E-state index in [4.69, 9.17) is 4.74 Å². The van der Waals surface area contributed by atoms with Crippen molar-refractivity contribution in [1.29, 1.82) is 0 Å². The molecule has 2 unspecified atom stereocenters. The summed E-state index contributed by atoms with van der Waals surface area (Å²) in [6, 6.07) is 17.8.